The van der Waals surface area contributed by atoms with Crippen LogP contribution in [-0.2, 0) is 9.53 Å². The SMILES string of the molecule is CC(N)(CCCOCC1CCCC1)C(=O)O. The molecule has 16 heavy (non-hydrogen) atoms. The summed E-state index contributed by atoms with van der Waals surface area (Å²) in [6.07, 6.45) is 6.40. The molecule has 0 radical (unpaired) electrons. The maximum atomic E-state index is 10.7. The van der Waals surface area contributed by atoms with E-state index >= 15 is 0 Å². The minimum atomic E-state index is -1.11. The zero-order valence-electron chi connectivity index (χ0n) is 10.1. The number of ether oxygens (including phenoxy) is 1. The third-order valence-electron chi connectivity index (χ3n) is 3.30. The predicted octanol–water partition coefficient (Wildman–Crippen LogP) is 1.78. The van der Waals surface area contributed by atoms with Crippen molar-refractivity contribution in [3.8, 4) is 0 Å². The van der Waals surface area contributed by atoms with Crippen LogP contribution in [0.4, 0.5) is 0 Å². The summed E-state index contributed by atoms with van der Waals surface area (Å²) in [5.74, 6) is -0.216. The molecule has 1 aliphatic rings. The highest BCUT2D eigenvalue weighted by Gasteiger charge is 2.26. The molecule has 1 rings (SSSR count). The third kappa shape index (κ3) is 4.49. The number of hydrogen-bond donors (Lipinski definition) is 2. The van der Waals surface area contributed by atoms with Gasteiger partial charge in [-0.3, -0.25) is 4.79 Å². The topological polar surface area (TPSA) is 72.5 Å². The summed E-state index contributed by atoms with van der Waals surface area (Å²) in [6.45, 7) is 3.00. The standard InChI is InChI=1S/C12H23NO3/c1-12(13,11(14)15)7-4-8-16-9-10-5-2-3-6-10/h10H,2-9,13H2,1H3,(H,14,15). The minimum absolute atomic E-state index is 0.465. The van der Waals surface area contributed by atoms with Crippen LogP contribution in [0.5, 0.6) is 0 Å². The van der Waals surface area contributed by atoms with Crippen molar-refractivity contribution < 1.29 is 14.6 Å². The number of nitrogens with two attached hydrogens (primary N) is 1. The molecule has 1 unspecified atom stereocenters. The Kier molecular flexibility index (Phi) is 5.22. The van der Waals surface area contributed by atoms with Gasteiger partial charge in [0.05, 0.1) is 0 Å². The Morgan fingerprint density at radius 3 is 2.69 bits per heavy atom. The number of aliphatic carboxylic acids is 1. The van der Waals surface area contributed by atoms with Crippen LogP contribution in [0.3, 0.4) is 0 Å². The molecular weight excluding hydrogens is 206 g/mol. The molecule has 0 aromatic carbocycles. The first-order chi connectivity index (χ1) is 7.52. The van der Waals surface area contributed by atoms with Gasteiger partial charge in [-0.1, -0.05) is 12.8 Å². The molecule has 0 saturated heterocycles. The Labute approximate surface area is 97.2 Å². The van der Waals surface area contributed by atoms with Crippen molar-refractivity contribution in [2.45, 2.75) is 51.0 Å². The Bertz CT molecular complexity index is 222. The average Bonchev–Trinajstić information content (AvgIpc) is 2.69. The number of carbonyl (C=O) groups is 1. The van der Waals surface area contributed by atoms with Gasteiger partial charge >= 0.3 is 5.97 Å². The van der Waals surface area contributed by atoms with Gasteiger partial charge in [0.15, 0.2) is 0 Å². The van der Waals surface area contributed by atoms with Crippen LogP contribution >= 0.6 is 0 Å². The van der Waals surface area contributed by atoms with E-state index in [2.05, 4.69) is 0 Å². The zero-order chi connectivity index (χ0) is 12.0. The van der Waals surface area contributed by atoms with Crippen molar-refractivity contribution in [3.05, 3.63) is 0 Å². The van der Waals surface area contributed by atoms with Gasteiger partial charge in [-0.25, -0.2) is 0 Å². The van der Waals surface area contributed by atoms with E-state index in [0.29, 0.717) is 19.4 Å². The highest BCUT2D eigenvalue weighted by molar-refractivity contribution is 5.77. The van der Waals surface area contributed by atoms with E-state index in [1.54, 1.807) is 6.92 Å². The molecule has 0 bridgehead atoms. The summed E-state index contributed by atoms with van der Waals surface area (Å²) >= 11 is 0. The molecule has 0 aromatic rings. The lowest BCUT2D eigenvalue weighted by Crippen LogP contribution is -2.44. The molecule has 0 heterocycles. The van der Waals surface area contributed by atoms with Crippen molar-refractivity contribution in [2.75, 3.05) is 13.2 Å². The van der Waals surface area contributed by atoms with Crippen LogP contribution in [0.15, 0.2) is 0 Å². The van der Waals surface area contributed by atoms with Crippen LogP contribution < -0.4 is 5.73 Å². The molecular formula is C12H23NO3. The average molecular weight is 229 g/mol. The maximum absolute atomic E-state index is 10.7. The first-order valence-electron chi connectivity index (χ1n) is 6.12. The van der Waals surface area contributed by atoms with E-state index in [1.807, 2.05) is 0 Å². The molecule has 0 aliphatic heterocycles. The fourth-order valence-electron chi connectivity index (χ4n) is 2.08. The normalized spacial score (nSPS) is 20.9. The molecule has 4 nitrogen and oxygen atoms in total. The first-order valence-corrected chi connectivity index (χ1v) is 6.12. The fraction of sp³-hybridized carbons (Fsp3) is 0.917. The van der Waals surface area contributed by atoms with Crippen LogP contribution in [0.2, 0.25) is 0 Å². The van der Waals surface area contributed by atoms with E-state index < -0.39 is 11.5 Å². The van der Waals surface area contributed by atoms with E-state index in [0.717, 1.165) is 12.5 Å². The largest absolute Gasteiger partial charge is 0.480 e. The van der Waals surface area contributed by atoms with E-state index in [4.69, 9.17) is 15.6 Å². The molecule has 0 spiro atoms. The zero-order valence-corrected chi connectivity index (χ0v) is 10.1. The first kappa shape index (κ1) is 13.5. The Balaban J connectivity index is 2.01. The minimum Gasteiger partial charge on any atom is -0.480 e. The molecule has 0 aromatic heterocycles. The highest BCUT2D eigenvalue weighted by atomic mass is 16.5. The molecule has 3 N–H and O–H groups in total. The quantitative estimate of drug-likeness (QED) is 0.653. The van der Waals surface area contributed by atoms with Crippen LogP contribution in [0.1, 0.15) is 45.4 Å². The highest BCUT2D eigenvalue weighted by Crippen LogP contribution is 2.24. The summed E-state index contributed by atoms with van der Waals surface area (Å²) in [6, 6.07) is 0. The number of rotatable bonds is 7. The van der Waals surface area contributed by atoms with Crippen molar-refractivity contribution in [1.29, 1.82) is 0 Å². The summed E-state index contributed by atoms with van der Waals surface area (Å²) in [4.78, 5) is 10.7. The second-order valence-corrected chi connectivity index (χ2v) is 5.05. The van der Waals surface area contributed by atoms with Crippen LogP contribution in [0, 0.1) is 5.92 Å². The second-order valence-electron chi connectivity index (χ2n) is 5.05. The monoisotopic (exact) mass is 229 g/mol. The third-order valence-corrected chi connectivity index (χ3v) is 3.30. The van der Waals surface area contributed by atoms with E-state index in [-0.39, 0.29) is 0 Å². The molecule has 1 saturated carbocycles. The van der Waals surface area contributed by atoms with Gasteiger partial charge in [-0.2, -0.15) is 0 Å². The number of hydrogen-bond acceptors (Lipinski definition) is 3. The predicted molar refractivity (Wildman–Crippen MR) is 62.2 cm³/mol. The number of carboxylic acid groups (broad SMARTS) is 1. The molecule has 0 amide bonds. The van der Waals surface area contributed by atoms with E-state index in [9.17, 15) is 4.79 Å². The molecule has 94 valence electrons. The van der Waals surface area contributed by atoms with Gasteiger partial charge in [0.2, 0.25) is 0 Å². The van der Waals surface area contributed by atoms with Gasteiger partial charge in [0.25, 0.3) is 0 Å². The summed E-state index contributed by atoms with van der Waals surface area (Å²) in [5.41, 5.74) is 4.49. The Hall–Kier alpha value is -0.610. The lowest BCUT2D eigenvalue weighted by atomic mass is 9.98. The van der Waals surface area contributed by atoms with Gasteiger partial charge in [0.1, 0.15) is 5.54 Å². The van der Waals surface area contributed by atoms with Crippen molar-refractivity contribution >= 4 is 5.97 Å². The number of carboxylic acids is 1. The lowest BCUT2D eigenvalue weighted by molar-refractivity contribution is -0.143. The van der Waals surface area contributed by atoms with Gasteiger partial charge < -0.3 is 15.6 Å². The summed E-state index contributed by atoms with van der Waals surface area (Å²) in [7, 11) is 0. The molecule has 1 aliphatic carbocycles. The summed E-state index contributed by atoms with van der Waals surface area (Å²) in [5, 5.41) is 8.80. The Morgan fingerprint density at radius 1 is 1.50 bits per heavy atom. The molecule has 1 fully saturated rings. The van der Waals surface area contributed by atoms with Gasteiger partial charge in [0, 0.05) is 13.2 Å². The van der Waals surface area contributed by atoms with Crippen LogP contribution in [-0.4, -0.2) is 29.8 Å². The fourth-order valence-corrected chi connectivity index (χ4v) is 2.08. The molecule has 1 atom stereocenters. The summed E-state index contributed by atoms with van der Waals surface area (Å²) < 4.78 is 5.54. The van der Waals surface area contributed by atoms with Crippen LogP contribution in [0.25, 0.3) is 0 Å². The second kappa shape index (κ2) is 6.21. The van der Waals surface area contributed by atoms with E-state index in [1.165, 1.54) is 25.7 Å². The van der Waals surface area contributed by atoms with Crippen molar-refractivity contribution in [3.63, 3.8) is 0 Å². The van der Waals surface area contributed by atoms with Crippen molar-refractivity contribution in [2.24, 2.45) is 11.7 Å². The van der Waals surface area contributed by atoms with Gasteiger partial charge in [-0.05, 0) is 38.5 Å². The Morgan fingerprint density at radius 2 is 2.12 bits per heavy atom. The maximum Gasteiger partial charge on any atom is 0.323 e. The lowest BCUT2D eigenvalue weighted by Gasteiger charge is -2.19. The smallest absolute Gasteiger partial charge is 0.323 e. The molecule has 4 heteroatoms. The van der Waals surface area contributed by atoms with Gasteiger partial charge in [-0.15, -0.1) is 0 Å². The van der Waals surface area contributed by atoms with Crippen molar-refractivity contribution in [1.82, 2.24) is 0 Å².